The van der Waals surface area contributed by atoms with Crippen molar-refractivity contribution in [2.24, 2.45) is 0 Å². The number of carbonyl (C=O) groups is 1. The van der Waals surface area contributed by atoms with Gasteiger partial charge in [-0.15, -0.1) is 0 Å². The molecule has 1 aliphatic heterocycles. The van der Waals surface area contributed by atoms with Gasteiger partial charge in [0.15, 0.2) is 0 Å². The molecule has 1 amide bonds. The highest BCUT2D eigenvalue weighted by Crippen LogP contribution is 2.16. The first-order valence-electron chi connectivity index (χ1n) is 6.33. The zero-order valence-corrected chi connectivity index (χ0v) is 12.1. The number of carbonyl (C=O) groups excluding carboxylic acids is 1. The lowest BCUT2D eigenvalue weighted by atomic mass is 10.2. The molecule has 1 saturated heterocycles. The number of likely N-dealkylation sites (N-methyl/N-ethyl adjacent to an activating group) is 1. The Hall–Kier alpha value is -0.940. The van der Waals surface area contributed by atoms with Crippen molar-refractivity contribution in [3.05, 3.63) is 28.5 Å². The van der Waals surface area contributed by atoms with Crippen LogP contribution in [0.15, 0.2) is 22.9 Å². The van der Waals surface area contributed by atoms with Crippen LogP contribution in [0.5, 0.6) is 0 Å². The van der Waals surface area contributed by atoms with Crippen LogP contribution in [0.3, 0.4) is 0 Å². The lowest BCUT2D eigenvalue weighted by molar-refractivity contribution is 0.0941. The first-order chi connectivity index (χ1) is 8.70. The van der Waals surface area contributed by atoms with Crippen LogP contribution in [0.1, 0.15) is 30.1 Å². The number of likely N-dealkylation sites (tertiary alicyclic amines) is 1. The molecule has 1 aromatic heterocycles. The molecule has 18 heavy (non-hydrogen) atoms. The van der Waals surface area contributed by atoms with Gasteiger partial charge in [0.2, 0.25) is 0 Å². The lowest BCUT2D eigenvalue weighted by Gasteiger charge is -2.22. The maximum absolute atomic E-state index is 12.0. The summed E-state index contributed by atoms with van der Waals surface area (Å²) in [7, 11) is 0. The number of hydrogen-bond acceptors (Lipinski definition) is 3. The van der Waals surface area contributed by atoms with Crippen LogP contribution in [0, 0.1) is 0 Å². The van der Waals surface area contributed by atoms with Gasteiger partial charge in [0.25, 0.3) is 5.91 Å². The van der Waals surface area contributed by atoms with Gasteiger partial charge in [-0.05, 0) is 47.9 Å². The lowest BCUT2D eigenvalue weighted by Crippen LogP contribution is -2.40. The predicted molar refractivity (Wildman–Crippen MR) is 74.5 cm³/mol. The van der Waals surface area contributed by atoms with E-state index in [0.717, 1.165) is 24.1 Å². The summed E-state index contributed by atoms with van der Waals surface area (Å²) in [4.78, 5) is 18.4. The highest BCUT2D eigenvalue weighted by molar-refractivity contribution is 9.10. The highest BCUT2D eigenvalue weighted by Gasteiger charge is 2.23. The Balaban J connectivity index is 1.88. The second-order valence-electron chi connectivity index (χ2n) is 4.53. The summed E-state index contributed by atoms with van der Waals surface area (Å²) in [5.74, 6) is -0.0493. The van der Waals surface area contributed by atoms with E-state index < -0.39 is 0 Å². The zero-order chi connectivity index (χ0) is 13.0. The molecule has 0 saturated carbocycles. The fraction of sp³-hybridized carbons (Fsp3) is 0.538. The molecule has 0 aromatic carbocycles. The van der Waals surface area contributed by atoms with E-state index >= 15 is 0 Å². The summed E-state index contributed by atoms with van der Waals surface area (Å²) in [5.41, 5.74) is 0.602. The number of hydrogen-bond donors (Lipinski definition) is 1. The Morgan fingerprint density at radius 2 is 2.44 bits per heavy atom. The maximum atomic E-state index is 12.0. The van der Waals surface area contributed by atoms with Crippen molar-refractivity contribution in [1.29, 1.82) is 0 Å². The molecule has 1 N–H and O–H groups in total. The van der Waals surface area contributed by atoms with Crippen LogP contribution in [0.2, 0.25) is 0 Å². The smallest absolute Gasteiger partial charge is 0.252 e. The third kappa shape index (κ3) is 3.29. The number of amides is 1. The monoisotopic (exact) mass is 311 g/mol. The quantitative estimate of drug-likeness (QED) is 0.925. The van der Waals surface area contributed by atoms with Crippen LogP contribution in [0.4, 0.5) is 0 Å². The van der Waals surface area contributed by atoms with Crippen molar-refractivity contribution in [3.8, 4) is 0 Å². The van der Waals surface area contributed by atoms with Crippen molar-refractivity contribution in [3.63, 3.8) is 0 Å². The molecule has 1 atom stereocenters. The molecule has 4 nitrogen and oxygen atoms in total. The standard InChI is InChI=1S/C13H18BrN3O/c1-2-17-5-3-4-12(17)9-16-13(18)10-6-11(14)8-15-7-10/h6-8,12H,2-5,9H2,1H3,(H,16,18). The third-order valence-corrected chi connectivity index (χ3v) is 3.80. The van der Waals surface area contributed by atoms with Gasteiger partial charge < -0.3 is 5.32 Å². The molecule has 0 radical (unpaired) electrons. The molecule has 0 spiro atoms. The average molecular weight is 312 g/mol. The van der Waals surface area contributed by atoms with E-state index in [0.29, 0.717) is 11.6 Å². The molecule has 98 valence electrons. The van der Waals surface area contributed by atoms with E-state index in [1.54, 1.807) is 18.5 Å². The summed E-state index contributed by atoms with van der Waals surface area (Å²) in [6.07, 6.45) is 5.66. The first kappa shape index (κ1) is 13.5. The molecular weight excluding hydrogens is 294 g/mol. The number of halogens is 1. The minimum atomic E-state index is -0.0493. The molecule has 5 heteroatoms. The van der Waals surface area contributed by atoms with E-state index in [1.165, 1.54) is 12.8 Å². The van der Waals surface area contributed by atoms with Crippen LogP contribution < -0.4 is 5.32 Å². The Labute approximate surface area is 116 Å². The van der Waals surface area contributed by atoms with E-state index in [2.05, 4.69) is 38.1 Å². The topological polar surface area (TPSA) is 45.2 Å². The first-order valence-corrected chi connectivity index (χ1v) is 7.13. The molecule has 1 aliphatic rings. The number of nitrogens with zero attached hydrogens (tertiary/aromatic N) is 2. The summed E-state index contributed by atoms with van der Waals surface area (Å²) < 4.78 is 0.825. The Kier molecular flexibility index (Phi) is 4.72. The molecule has 2 rings (SSSR count). The number of rotatable bonds is 4. The van der Waals surface area contributed by atoms with Gasteiger partial charge in [-0.2, -0.15) is 0 Å². The van der Waals surface area contributed by atoms with Crippen LogP contribution in [0.25, 0.3) is 0 Å². The van der Waals surface area contributed by atoms with Crippen LogP contribution in [-0.4, -0.2) is 41.5 Å². The molecule has 1 unspecified atom stereocenters. The zero-order valence-electron chi connectivity index (χ0n) is 10.5. The van der Waals surface area contributed by atoms with Crippen molar-refractivity contribution < 1.29 is 4.79 Å². The summed E-state index contributed by atoms with van der Waals surface area (Å²) >= 11 is 3.32. The molecule has 0 aliphatic carbocycles. The van der Waals surface area contributed by atoms with Gasteiger partial charge in [0.05, 0.1) is 5.56 Å². The van der Waals surface area contributed by atoms with Gasteiger partial charge in [-0.25, -0.2) is 0 Å². The molecule has 2 heterocycles. The molecule has 1 aromatic rings. The summed E-state index contributed by atoms with van der Waals surface area (Å²) in [6.45, 7) is 5.09. The minimum Gasteiger partial charge on any atom is -0.350 e. The summed E-state index contributed by atoms with van der Waals surface area (Å²) in [6, 6.07) is 2.27. The van der Waals surface area contributed by atoms with Gasteiger partial charge in [0, 0.05) is 29.5 Å². The molecular formula is C13H18BrN3O. The Morgan fingerprint density at radius 3 is 3.17 bits per heavy atom. The van der Waals surface area contributed by atoms with Crippen molar-refractivity contribution in [2.45, 2.75) is 25.8 Å². The van der Waals surface area contributed by atoms with Gasteiger partial charge >= 0.3 is 0 Å². The maximum Gasteiger partial charge on any atom is 0.252 e. The van der Waals surface area contributed by atoms with Gasteiger partial charge in [0.1, 0.15) is 0 Å². The van der Waals surface area contributed by atoms with Gasteiger partial charge in [-0.3, -0.25) is 14.7 Å². The van der Waals surface area contributed by atoms with Gasteiger partial charge in [-0.1, -0.05) is 6.92 Å². The van der Waals surface area contributed by atoms with E-state index in [4.69, 9.17) is 0 Å². The van der Waals surface area contributed by atoms with Crippen LogP contribution >= 0.6 is 15.9 Å². The van der Waals surface area contributed by atoms with Crippen molar-refractivity contribution in [1.82, 2.24) is 15.2 Å². The van der Waals surface area contributed by atoms with Crippen LogP contribution in [-0.2, 0) is 0 Å². The Bertz CT molecular complexity index is 424. The van der Waals surface area contributed by atoms with Crippen molar-refractivity contribution >= 4 is 21.8 Å². The number of nitrogens with one attached hydrogen (secondary N) is 1. The van der Waals surface area contributed by atoms with Crippen molar-refractivity contribution in [2.75, 3.05) is 19.6 Å². The average Bonchev–Trinajstić information content (AvgIpc) is 2.83. The van der Waals surface area contributed by atoms with E-state index in [9.17, 15) is 4.79 Å². The number of pyridine rings is 1. The largest absolute Gasteiger partial charge is 0.350 e. The Morgan fingerprint density at radius 1 is 1.61 bits per heavy atom. The van der Waals surface area contributed by atoms with E-state index in [1.807, 2.05) is 0 Å². The molecule has 1 fully saturated rings. The minimum absolute atomic E-state index is 0.0493. The summed E-state index contributed by atoms with van der Waals surface area (Å²) in [5, 5.41) is 2.99. The fourth-order valence-electron chi connectivity index (χ4n) is 2.39. The second kappa shape index (κ2) is 6.29. The third-order valence-electron chi connectivity index (χ3n) is 3.37. The van der Waals surface area contributed by atoms with E-state index in [-0.39, 0.29) is 5.91 Å². The predicted octanol–water partition coefficient (Wildman–Crippen LogP) is 2.06. The SMILES string of the molecule is CCN1CCCC1CNC(=O)c1cncc(Br)c1. The fourth-order valence-corrected chi connectivity index (χ4v) is 2.76. The second-order valence-corrected chi connectivity index (χ2v) is 5.44. The highest BCUT2D eigenvalue weighted by atomic mass is 79.9. The normalized spacial score (nSPS) is 20.0. The molecule has 0 bridgehead atoms. The number of aromatic nitrogens is 1.